The van der Waals surface area contributed by atoms with Crippen molar-refractivity contribution in [1.82, 2.24) is 14.9 Å². The number of rotatable bonds is 1. The van der Waals surface area contributed by atoms with Crippen molar-refractivity contribution < 1.29 is 4.79 Å². The highest BCUT2D eigenvalue weighted by Gasteiger charge is 2.48. The highest BCUT2D eigenvalue weighted by atomic mass is 16.2. The summed E-state index contributed by atoms with van der Waals surface area (Å²) in [5, 5.41) is 3.05. The van der Waals surface area contributed by atoms with Crippen LogP contribution in [0.15, 0.2) is 30.6 Å². The van der Waals surface area contributed by atoms with Crippen LogP contribution in [-0.2, 0) is 0 Å². The number of nitrogens with zero attached hydrogens (tertiary/aromatic N) is 3. The van der Waals surface area contributed by atoms with Crippen LogP contribution in [-0.4, -0.2) is 33.5 Å². The molecular weight excluding hydrogens is 300 g/mol. The standard InChI is InChI=1S/C19H24N4O/c1-12-13-8-15(10-19(12,2)3)23(11-13)18(24)22-14-4-5-16-17(9-14)21-7-6-20-16/h4-7,9,12-13,15H,8,10-11H2,1-3H3,(H,22,24)/t12-,13+,15-/m1/s1. The van der Waals surface area contributed by atoms with Gasteiger partial charge in [-0.2, -0.15) is 0 Å². The number of nitrogens with one attached hydrogen (secondary N) is 1. The fourth-order valence-electron chi connectivity index (χ4n) is 4.43. The molecule has 1 aliphatic carbocycles. The van der Waals surface area contributed by atoms with E-state index in [2.05, 4.69) is 36.1 Å². The number of hydrogen-bond donors (Lipinski definition) is 1. The largest absolute Gasteiger partial charge is 0.322 e. The molecule has 5 heteroatoms. The van der Waals surface area contributed by atoms with E-state index in [0.29, 0.717) is 23.3 Å². The topological polar surface area (TPSA) is 58.1 Å². The van der Waals surface area contributed by atoms with Gasteiger partial charge in [0.25, 0.3) is 0 Å². The van der Waals surface area contributed by atoms with Gasteiger partial charge in [0, 0.05) is 30.7 Å². The van der Waals surface area contributed by atoms with E-state index in [1.807, 2.05) is 23.1 Å². The summed E-state index contributed by atoms with van der Waals surface area (Å²) in [6, 6.07) is 6.04. The van der Waals surface area contributed by atoms with E-state index in [9.17, 15) is 4.79 Å². The Bertz CT molecular complexity index is 788. The average molecular weight is 324 g/mol. The predicted molar refractivity (Wildman–Crippen MR) is 94.7 cm³/mol. The molecule has 1 N–H and O–H groups in total. The zero-order chi connectivity index (χ0) is 16.9. The van der Waals surface area contributed by atoms with Crippen LogP contribution in [0.2, 0.25) is 0 Å². The minimum Gasteiger partial charge on any atom is -0.321 e. The van der Waals surface area contributed by atoms with Crippen molar-refractivity contribution in [3.63, 3.8) is 0 Å². The molecule has 2 fully saturated rings. The summed E-state index contributed by atoms with van der Waals surface area (Å²) in [6.07, 6.45) is 5.57. The molecule has 0 unspecified atom stereocenters. The summed E-state index contributed by atoms with van der Waals surface area (Å²) < 4.78 is 0. The first-order valence-corrected chi connectivity index (χ1v) is 8.72. The summed E-state index contributed by atoms with van der Waals surface area (Å²) in [5.41, 5.74) is 2.72. The molecule has 2 bridgehead atoms. The molecule has 1 saturated carbocycles. The maximum atomic E-state index is 12.8. The van der Waals surface area contributed by atoms with Crippen molar-refractivity contribution in [3.05, 3.63) is 30.6 Å². The van der Waals surface area contributed by atoms with Crippen molar-refractivity contribution in [2.24, 2.45) is 17.3 Å². The summed E-state index contributed by atoms with van der Waals surface area (Å²) >= 11 is 0. The van der Waals surface area contributed by atoms with Gasteiger partial charge in [0.1, 0.15) is 0 Å². The number of benzene rings is 1. The Morgan fingerprint density at radius 3 is 2.79 bits per heavy atom. The van der Waals surface area contributed by atoms with E-state index in [4.69, 9.17) is 0 Å². The lowest BCUT2D eigenvalue weighted by Gasteiger charge is -2.40. The van der Waals surface area contributed by atoms with Gasteiger partial charge in [0.05, 0.1) is 11.0 Å². The molecule has 0 spiro atoms. The second kappa shape index (κ2) is 5.43. The minimum atomic E-state index is 0.00985. The first-order chi connectivity index (χ1) is 11.4. The van der Waals surface area contributed by atoms with E-state index >= 15 is 0 Å². The molecule has 5 nitrogen and oxygen atoms in total. The highest BCUT2D eigenvalue weighted by molar-refractivity contribution is 5.92. The summed E-state index contributed by atoms with van der Waals surface area (Å²) in [7, 11) is 0. The molecule has 4 rings (SSSR count). The van der Waals surface area contributed by atoms with Crippen molar-refractivity contribution >= 4 is 22.8 Å². The van der Waals surface area contributed by atoms with E-state index in [1.165, 1.54) is 0 Å². The van der Waals surface area contributed by atoms with E-state index in [0.717, 1.165) is 36.1 Å². The van der Waals surface area contributed by atoms with Crippen LogP contribution >= 0.6 is 0 Å². The first-order valence-electron chi connectivity index (χ1n) is 8.72. The average Bonchev–Trinajstić information content (AvgIpc) is 2.92. The number of aromatic nitrogens is 2. The molecule has 1 aromatic carbocycles. The third-order valence-electron chi connectivity index (χ3n) is 6.13. The molecule has 2 amide bonds. The Balaban J connectivity index is 1.52. The van der Waals surface area contributed by atoms with Crippen molar-refractivity contribution in [3.8, 4) is 0 Å². The molecule has 2 aliphatic rings. The molecule has 126 valence electrons. The lowest BCUT2D eigenvalue weighted by atomic mass is 9.65. The Kier molecular flexibility index (Phi) is 3.48. The molecular formula is C19H24N4O. The Morgan fingerprint density at radius 2 is 2.00 bits per heavy atom. The molecule has 1 aromatic heterocycles. The second-order valence-corrected chi connectivity index (χ2v) is 7.97. The lowest BCUT2D eigenvalue weighted by Crippen LogP contribution is -2.41. The van der Waals surface area contributed by atoms with Crippen LogP contribution in [0.25, 0.3) is 11.0 Å². The van der Waals surface area contributed by atoms with Crippen molar-refractivity contribution in [2.45, 2.75) is 39.7 Å². The fourth-order valence-corrected chi connectivity index (χ4v) is 4.43. The first kappa shape index (κ1) is 15.4. The van der Waals surface area contributed by atoms with Crippen LogP contribution in [0.5, 0.6) is 0 Å². The SMILES string of the molecule is C[C@@H]1[C@H]2C[C@H](CC1(C)C)N(C(=O)Nc1ccc3nccnc3c1)C2. The van der Waals surface area contributed by atoms with Crippen LogP contribution in [0.3, 0.4) is 0 Å². The van der Waals surface area contributed by atoms with E-state index < -0.39 is 0 Å². The zero-order valence-electron chi connectivity index (χ0n) is 14.5. The van der Waals surface area contributed by atoms with Gasteiger partial charge in [-0.3, -0.25) is 9.97 Å². The van der Waals surface area contributed by atoms with Crippen LogP contribution in [0, 0.1) is 17.3 Å². The normalized spacial score (nSPS) is 28.1. The highest BCUT2D eigenvalue weighted by Crippen LogP contribution is 2.49. The zero-order valence-corrected chi connectivity index (χ0v) is 14.5. The number of hydrogen-bond acceptors (Lipinski definition) is 3. The number of fused-ring (bicyclic) bond motifs is 3. The second-order valence-electron chi connectivity index (χ2n) is 7.97. The van der Waals surface area contributed by atoms with Crippen molar-refractivity contribution in [1.29, 1.82) is 0 Å². The number of carbonyl (C=O) groups is 1. The monoisotopic (exact) mass is 324 g/mol. The lowest BCUT2D eigenvalue weighted by molar-refractivity contribution is 0.104. The summed E-state index contributed by atoms with van der Waals surface area (Å²) in [4.78, 5) is 23.4. The minimum absolute atomic E-state index is 0.00985. The van der Waals surface area contributed by atoms with E-state index in [1.54, 1.807) is 12.4 Å². The van der Waals surface area contributed by atoms with Crippen molar-refractivity contribution in [2.75, 3.05) is 11.9 Å². The molecule has 2 heterocycles. The van der Waals surface area contributed by atoms with Gasteiger partial charge in [-0.25, -0.2) is 4.79 Å². The molecule has 24 heavy (non-hydrogen) atoms. The van der Waals surface area contributed by atoms with Gasteiger partial charge < -0.3 is 10.2 Å². The smallest absolute Gasteiger partial charge is 0.321 e. The third-order valence-corrected chi connectivity index (χ3v) is 6.13. The number of likely N-dealkylation sites (tertiary alicyclic amines) is 1. The van der Waals surface area contributed by atoms with Gasteiger partial charge in [0.2, 0.25) is 0 Å². The fraction of sp³-hybridized carbons (Fsp3) is 0.526. The number of amides is 2. The van der Waals surface area contributed by atoms with Gasteiger partial charge in [-0.1, -0.05) is 20.8 Å². The molecule has 0 radical (unpaired) electrons. The van der Waals surface area contributed by atoms with Gasteiger partial charge in [0.15, 0.2) is 0 Å². The Labute approximate surface area is 142 Å². The third kappa shape index (κ3) is 2.52. The Morgan fingerprint density at radius 1 is 1.25 bits per heavy atom. The molecule has 1 aliphatic heterocycles. The summed E-state index contributed by atoms with van der Waals surface area (Å²) in [6.45, 7) is 7.87. The number of anilines is 1. The maximum absolute atomic E-state index is 12.8. The van der Waals surface area contributed by atoms with Gasteiger partial charge in [-0.15, -0.1) is 0 Å². The van der Waals surface area contributed by atoms with Crippen LogP contribution < -0.4 is 5.32 Å². The maximum Gasteiger partial charge on any atom is 0.322 e. The number of urea groups is 1. The summed E-state index contributed by atoms with van der Waals surface area (Å²) in [5.74, 6) is 1.27. The molecule has 1 saturated heterocycles. The quantitative estimate of drug-likeness (QED) is 0.865. The number of carbonyl (C=O) groups excluding carboxylic acids is 1. The van der Waals surface area contributed by atoms with E-state index in [-0.39, 0.29) is 6.03 Å². The van der Waals surface area contributed by atoms with Gasteiger partial charge >= 0.3 is 6.03 Å². The molecule has 3 atom stereocenters. The molecule has 2 aromatic rings. The predicted octanol–water partition coefficient (Wildman–Crippen LogP) is 3.92. The van der Waals surface area contributed by atoms with Crippen LogP contribution in [0.1, 0.15) is 33.6 Å². The van der Waals surface area contributed by atoms with Crippen LogP contribution in [0.4, 0.5) is 10.5 Å². The van der Waals surface area contributed by atoms with Gasteiger partial charge in [-0.05, 0) is 48.3 Å². The Hall–Kier alpha value is -2.17.